The van der Waals surface area contributed by atoms with E-state index in [1.807, 2.05) is 18.4 Å². The molecule has 0 atom stereocenters. The Kier molecular flexibility index (Phi) is 5.55. The quantitative estimate of drug-likeness (QED) is 0.360. The summed E-state index contributed by atoms with van der Waals surface area (Å²) in [4.78, 5) is 36.4. The number of benzene rings is 1. The first-order valence-electron chi connectivity index (χ1n) is 8.99. The molecule has 4 aromatic rings. The predicted molar refractivity (Wildman–Crippen MR) is 115 cm³/mol. The van der Waals surface area contributed by atoms with Gasteiger partial charge in [0.1, 0.15) is 4.70 Å². The van der Waals surface area contributed by atoms with E-state index >= 15 is 0 Å². The highest BCUT2D eigenvalue weighted by molar-refractivity contribution is 7.99. The number of fused-ring (bicyclic) bond motifs is 3. The van der Waals surface area contributed by atoms with E-state index in [1.165, 1.54) is 30.2 Å². The summed E-state index contributed by atoms with van der Waals surface area (Å²) in [7, 11) is 1.31. The number of esters is 1. The van der Waals surface area contributed by atoms with Gasteiger partial charge in [0.15, 0.2) is 5.16 Å². The molecule has 0 fully saturated rings. The Balaban J connectivity index is 1.53. The number of ether oxygens (including phenoxy) is 1. The molecule has 1 N–H and O–H groups in total. The maximum Gasteiger partial charge on any atom is 0.337 e. The van der Waals surface area contributed by atoms with Crippen LogP contribution in [0.4, 0.5) is 5.69 Å². The van der Waals surface area contributed by atoms with Gasteiger partial charge in [-0.15, -0.1) is 21.5 Å². The Hall–Kier alpha value is -3.18. The molecule has 3 aromatic heterocycles. The molecule has 11 heteroatoms. The summed E-state index contributed by atoms with van der Waals surface area (Å²) >= 11 is 2.60. The van der Waals surface area contributed by atoms with E-state index in [1.54, 1.807) is 33.2 Å². The number of nitrogens with zero attached hydrogens (tertiary/aromatic N) is 4. The fraction of sp³-hybridized carbons (Fsp3) is 0.211. The molecule has 0 bridgehead atoms. The number of nitrogens with one attached hydrogen (secondary N) is 1. The number of hydrogen-bond donors (Lipinski definition) is 1. The second-order valence-corrected chi connectivity index (χ2v) is 8.07. The molecular formula is C19H17N5O4S2. The van der Waals surface area contributed by atoms with E-state index in [0.717, 1.165) is 5.52 Å². The van der Waals surface area contributed by atoms with Gasteiger partial charge in [-0.05, 0) is 42.6 Å². The topological polar surface area (TPSA) is 108 Å². The first-order valence-corrected chi connectivity index (χ1v) is 10.9. The first-order chi connectivity index (χ1) is 14.5. The lowest BCUT2D eigenvalue weighted by Gasteiger charge is -2.07. The number of rotatable bonds is 6. The zero-order valence-electron chi connectivity index (χ0n) is 16.1. The number of thiophene rings is 1. The molecule has 30 heavy (non-hydrogen) atoms. The Morgan fingerprint density at radius 3 is 2.67 bits per heavy atom. The molecule has 4 rings (SSSR count). The van der Waals surface area contributed by atoms with Crippen LogP contribution >= 0.6 is 23.1 Å². The van der Waals surface area contributed by atoms with Crippen molar-refractivity contribution in [2.24, 2.45) is 0 Å². The van der Waals surface area contributed by atoms with Crippen LogP contribution in [-0.2, 0) is 16.1 Å². The lowest BCUT2D eigenvalue weighted by Crippen LogP contribution is -2.21. The monoisotopic (exact) mass is 443 g/mol. The molecule has 0 aliphatic rings. The first kappa shape index (κ1) is 20.1. The molecule has 3 heterocycles. The number of aryl methyl sites for hydroxylation is 1. The molecule has 0 unspecified atom stereocenters. The minimum Gasteiger partial charge on any atom is -0.465 e. The fourth-order valence-corrected chi connectivity index (χ4v) is 4.58. The van der Waals surface area contributed by atoms with E-state index in [2.05, 4.69) is 20.3 Å². The van der Waals surface area contributed by atoms with Crippen molar-refractivity contribution in [3.63, 3.8) is 0 Å². The average molecular weight is 444 g/mol. The van der Waals surface area contributed by atoms with Gasteiger partial charge in [0.25, 0.3) is 5.56 Å². The van der Waals surface area contributed by atoms with Crippen LogP contribution in [0, 0.1) is 0 Å². The molecule has 0 aliphatic heterocycles. The van der Waals surface area contributed by atoms with Crippen LogP contribution < -0.4 is 10.9 Å². The van der Waals surface area contributed by atoms with Crippen molar-refractivity contribution in [2.75, 3.05) is 18.2 Å². The summed E-state index contributed by atoms with van der Waals surface area (Å²) in [5, 5.41) is 13.5. The van der Waals surface area contributed by atoms with Crippen LogP contribution in [0.2, 0.25) is 0 Å². The van der Waals surface area contributed by atoms with Gasteiger partial charge >= 0.3 is 5.97 Å². The number of carbonyl (C=O) groups is 2. The van der Waals surface area contributed by atoms with E-state index < -0.39 is 5.97 Å². The number of carbonyl (C=O) groups excluding carboxylic acids is 2. The van der Waals surface area contributed by atoms with Crippen LogP contribution in [0.3, 0.4) is 0 Å². The van der Waals surface area contributed by atoms with E-state index in [4.69, 9.17) is 0 Å². The van der Waals surface area contributed by atoms with Gasteiger partial charge in [-0.25, -0.2) is 4.79 Å². The Labute approximate surface area is 178 Å². The largest absolute Gasteiger partial charge is 0.465 e. The SMILES string of the molecule is CCn1c(=O)c2sccc2n2c(SCC(=O)Nc3ccc(C(=O)OC)cc3)nnc12. The molecule has 0 spiro atoms. The minimum absolute atomic E-state index is 0.0907. The number of methoxy groups -OCH3 is 1. The zero-order valence-corrected chi connectivity index (χ0v) is 17.7. The van der Waals surface area contributed by atoms with Crippen molar-refractivity contribution in [3.05, 3.63) is 51.6 Å². The van der Waals surface area contributed by atoms with E-state index in [-0.39, 0.29) is 17.2 Å². The summed E-state index contributed by atoms with van der Waals surface area (Å²) < 4.78 is 8.66. The van der Waals surface area contributed by atoms with Crippen LogP contribution in [0.15, 0.2) is 45.7 Å². The highest BCUT2D eigenvalue weighted by atomic mass is 32.2. The van der Waals surface area contributed by atoms with Gasteiger partial charge in [-0.3, -0.25) is 18.6 Å². The van der Waals surface area contributed by atoms with Gasteiger partial charge < -0.3 is 10.1 Å². The van der Waals surface area contributed by atoms with Gasteiger partial charge in [0.2, 0.25) is 11.7 Å². The second-order valence-electron chi connectivity index (χ2n) is 6.21. The van der Waals surface area contributed by atoms with Crippen molar-refractivity contribution in [3.8, 4) is 0 Å². The third-order valence-corrected chi connectivity index (χ3v) is 6.24. The molecule has 1 amide bonds. The van der Waals surface area contributed by atoms with Gasteiger partial charge in [0.05, 0.1) is 23.9 Å². The maximum atomic E-state index is 12.6. The Morgan fingerprint density at radius 2 is 1.97 bits per heavy atom. The summed E-state index contributed by atoms with van der Waals surface area (Å²) in [6.07, 6.45) is 0. The predicted octanol–water partition coefficient (Wildman–Crippen LogP) is 2.64. The summed E-state index contributed by atoms with van der Waals surface area (Å²) in [6.45, 7) is 2.35. The number of amides is 1. The standard InChI is InChI=1S/C19H17N5O4S2/c1-3-23-16(26)15-13(8-9-29-15)24-18(23)21-22-19(24)30-10-14(25)20-12-6-4-11(5-7-12)17(27)28-2/h4-9H,3,10H2,1-2H3,(H,20,25). The van der Waals surface area contributed by atoms with Crippen LogP contribution in [0.25, 0.3) is 16.0 Å². The van der Waals surface area contributed by atoms with Crippen molar-refractivity contribution < 1.29 is 14.3 Å². The molecule has 9 nitrogen and oxygen atoms in total. The van der Waals surface area contributed by atoms with Crippen LogP contribution in [0.1, 0.15) is 17.3 Å². The number of anilines is 1. The van der Waals surface area contributed by atoms with Crippen molar-refractivity contribution in [1.29, 1.82) is 0 Å². The third kappa shape index (κ3) is 3.57. The highest BCUT2D eigenvalue weighted by Crippen LogP contribution is 2.24. The molecule has 0 aliphatic carbocycles. The smallest absolute Gasteiger partial charge is 0.337 e. The third-order valence-electron chi connectivity index (χ3n) is 4.42. The fourth-order valence-electron chi connectivity index (χ4n) is 3.01. The second kappa shape index (κ2) is 8.28. The number of thioether (sulfide) groups is 1. The molecule has 154 valence electrons. The summed E-state index contributed by atoms with van der Waals surface area (Å²) in [6, 6.07) is 8.28. The number of aromatic nitrogens is 4. The van der Waals surface area contributed by atoms with Crippen molar-refractivity contribution in [1.82, 2.24) is 19.2 Å². The van der Waals surface area contributed by atoms with Gasteiger partial charge in [0, 0.05) is 12.2 Å². The van der Waals surface area contributed by atoms with Gasteiger partial charge in [-0.1, -0.05) is 11.8 Å². The lowest BCUT2D eigenvalue weighted by molar-refractivity contribution is -0.113. The molecular weight excluding hydrogens is 426 g/mol. The normalized spacial score (nSPS) is 11.1. The maximum absolute atomic E-state index is 12.6. The van der Waals surface area contributed by atoms with E-state index in [9.17, 15) is 14.4 Å². The molecule has 0 radical (unpaired) electrons. The van der Waals surface area contributed by atoms with Crippen molar-refractivity contribution >= 4 is 56.7 Å². The zero-order chi connectivity index (χ0) is 21.3. The Bertz CT molecular complexity index is 1310. The minimum atomic E-state index is -0.438. The van der Waals surface area contributed by atoms with Crippen LogP contribution in [0.5, 0.6) is 0 Å². The average Bonchev–Trinajstić information content (AvgIpc) is 3.40. The number of hydrogen-bond acceptors (Lipinski definition) is 8. The molecule has 0 saturated carbocycles. The van der Waals surface area contributed by atoms with Crippen LogP contribution in [-0.4, -0.2) is 43.9 Å². The highest BCUT2D eigenvalue weighted by Gasteiger charge is 2.18. The van der Waals surface area contributed by atoms with Gasteiger partial charge in [-0.2, -0.15) is 0 Å². The Morgan fingerprint density at radius 1 is 1.20 bits per heavy atom. The lowest BCUT2D eigenvalue weighted by atomic mass is 10.2. The van der Waals surface area contributed by atoms with Crippen molar-refractivity contribution in [2.45, 2.75) is 18.6 Å². The summed E-state index contributed by atoms with van der Waals surface area (Å²) in [5.41, 5.74) is 1.61. The van der Waals surface area contributed by atoms with E-state index in [0.29, 0.717) is 33.4 Å². The molecule has 0 saturated heterocycles. The molecule has 1 aromatic carbocycles. The summed E-state index contributed by atoms with van der Waals surface area (Å²) in [5.74, 6) is -0.105.